The van der Waals surface area contributed by atoms with Crippen LogP contribution in [-0.2, 0) is 20.3 Å². The first-order valence-corrected chi connectivity index (χ1v) is 19.0. The molecule has 51 heavy (non-hydrogen) atoms. The van der Waals surface area contributed by atoms with Crippen LogP contribution in [-0.4, -0.2) is 18.3 Å². The van der Waals surface area contributed by atoms with E-state index < -0.39 is 25.8 Å². The summed E-state index contributed by atoms with van der Waals surface area (Å²) in [5.74, 6) is 0.843. The minimum absolute atomic E-state index is 0.525. The lowest BCUT2D eigenvalue weighted by molar-refractivity contribution is 0.00578. The van der Waals surface area contributed by atoms with Crippen LogP contribution in [0.4, 0.5) is 22.7 Å². The van der Waals surface area contributed by atoms with Crippen LogP contribution >= 0.6 is 7.44 Å². The first-order valence-electron chi connectivity index (χ1n) is 17.4. The van der Waals surface area contributed by atoms with Crippen molar-refractivity contribution in [3.63, 3.8) is 0 Å². The molecule has 9 heteroatoms. The lowest BCUT2D eigenvalue weighted by Crippen LogP contribution is -2.41. The number of aryl methyl sites for hydroxylation is 1. The van der Waals surface area contributed by atoms with E-state index in [-0.39, 0.29) is 0 Å². The molecule has 1 atom stereocenters. The second-order valence-corrected chi connectivity index (χ2v) is 16.8. The SMILES string of the molecule is CC1(C)OB(c2ccc3c(c2)N(c2cccc4oc5c(c24)CCC=C5)P(=O)(C2=C=C=CC=C2)N3c2cccc3oc4ccccc4c23)OC1(C)C. The minimum Gasteiger partial charge on any atom is -0.456 e. The van der Waals surface area contributed by atoms with E-state index in [2.05, 4.69) is 63.4 Å². The van der Waals surface area contributed by atoms with Crippen molar-refractivity contribution in [2.75, 3.05) is 9.34 Å². The quantitative estimate of drug-likeness (QED) is 0.104. The van der Waals surface area contributed by atoms with Crippen molar-refractivity contribution in [3.8, 4) is 0 Å². The number of fused-ring (bicyclic) bond motifs is 7. The maximum atomic E-state index is 16.9. The standard InChI is InChI=1S/C42H34BN2O5P/c1-41(2)42(3,4)50-43(49-41)27-24-25-31-34(26-27)45(33-19-13-23-38-40(33)30-17-9-11-21-36(30)48-38)51(46,28-14-6-5-7-15-28)44(31)32-18-12-22-37-39(32)29-16-8-10-20-35(29)47-37/h5-6,8,10-14,16,18-26H,9,17H2,1-4H3. The molecule has 2 aromatic heterocycles. The summed E-state index contributed by atoms with van der Waals surface area (Å²) in [6.07, 6.45) is 11.5. The molecule has 0 amide bonds. The van der Waals surface area contributed by atoms with Gasteiger partial charge in [0.05, 0.1) is 39.3 Å². The smallest absolute Gasteiger partial charge is 0.456 e. The first kappa shape index (κ1) is 30.6. The summed E-state index contributed by atoms with van der Waals surface area (Å²) in [6.45, 7) is 8.21. The third-order valence-electron chi connectivity index (χ3n) is 11.0. The summed E-state index contributed by atoms with van der Waals surface area (Å²) in [5.41, 5.74) is 12.6. The highest BCUT2D eigenvalue weighted by atomic mass is 31.2. The molecule has 2 aliphatic heterocycles. The second-order valence-electron chi connectivity index (χ2n) is 14.5. The maximum Gasteiger partial charge on any atom is 0.494 e. The first-order chi connectivity index (χ1) is 24.7. The number of nitrogens with zero attached hydrogens (tertiary/aromatic N) is 2. The van der Waals surface area contributed by atoms with Crippen molar-refractivity contribution in [2.24, 2.45) is 0 Å². The van der Waals surface area contributed by atoms with E-state index in [4.69, 9.17) is 18.1 Å². The van der Waals surface area contributed by atoms with Gasteiger partial charge in [-0.2, -0.15) is 0 Å². The van der Waals surface area contributed by atoms with Gasteiger partial charge in [0.15, 0.2) is 0 Å². The van der Waals surface area contributed by atoms with E-state index in [1.54, 1.807) is 6.08 Å². The Morgan fingerprint density at radius 1 is 0.745 bits per heavy atom. The van der Waals surface area contributed by atoms with Crippen LogP contribution in [0.15, 0.2) is 129 Å². The zero-order valence-corrected chi connectivity index (χ0v) is 29.7. The van der Waals surface area contributed by atoms with Gasteiger partial charge >= 0.3 is 14.6 Å². The second kappa shape index (κ2) is 10.7. The molecule has 2 aliphatic carbocycles. The molecule has 4 aromatic carbocycles. The van der Waals surface area contributed by atoms with Gasteiger partial charge in [-0.3, -0.25) is 13.9 Å². The fraction of sp³-hybridized carbons (Fsp3) is 0.190. The van der Waals surface area contributed by atoms with Gasteiger partial charge in [0.1, 0.15) is 27.8 Å². The molecule has 0 saturated carbocycles. The molecular weight excluding hydrogens is 654 g/mol. The van der Waals surface area contributed by atoms with Crippen molar-refractivity contribution >= 4 is 81.8 Å². The largest absolute Gasteiger partial charge is 0.494 e. The normalized spacial score (nSPS) is 21.3. The highest BCUT2D eigenvalue weighted by Gasteiger charge is 2.54. The van der Waals surface area contributed by atoms with Gasteiger partial charge in [0.25, 0.3) is 0 Å². The number of benzene rings is 4. The Balaban J connectivity index is 1.31. The maximum absolute atomic E-state index is 16.9. The Bertz CT molecular complexity index is 2690. The highest BCUT2D eigenvalue weighted by molar-refractivity contribution is 7.73. The van der Waals surface area contributed by atoms with Crippen LogP contribution in [0.2, 0.25) is 0 Å². The van der Waals surface area contributed by atoms with E-state index in [1.807, 2.05) is 88.2 Å². The number of anilines is 4. The molecule has 0 spiro atoms. The third-order valence-corrected chi connectivity index (χ3v) is 13.8. The fourth-order valence-electron chi connectivity index (χ4n) is 7.80. The van der Waals surface area contributed by atoms with Gasteiger partial charge in [0, 0.05) is 16.3 Å². The summed E-state index contributed by atoms with van der Waals surface area (Å²) in [4.78, 5) is 0. The molecule has 4 heterocycles. The third kappa shape index (κ3) is 4.26. The van der Waals surface area contributed by atoms with E-state index >= 15 is 4.57 Å². The average Bonchev–Trinajstić information content (AvgIpc) is 3.84. The van der Waals surface area contributed by atoms with Crippen molar-refractivity contribution in [1.82, 2.24) is 0 Å². The molecule has 7 nitrogen and oxygen atoms in total. The molecule has 4 aliphatic rings. The number of para-hydroxylation sites is 1. The van der Waals surface area contributed by atoms with Gasteiger partial charge < -0.3 is 18.1 Å². The van der Waals surface area contributed by atoms with E-state index in [9.17, 15) is 0 Å². The predicted molar refractivity (Wildman–Crippen MR) is 206 cm³/mol. The molecule has 250 valence electrons. The molecule has 1 saturated heterocycles. The Morgan fingerprint density at radius 2 is 1.45 bits per heavy atom. The predicted octanol–water partition coefficient (Wildman–Crippen LogP) is 10.8. The van der Waals surface area contributed by atoms with Gasteiger partial charge in [-0.05, 0) is 107 Å². The van der Waals surface area contributed by atoms with Crippen LogP contribution in [0, 0.1) is 0 Å². The van der Waals surface area contributed by atoms with Crippen LogP contribution in [0.1, 0.15) is 45.4 Å². The van der Waals surface area contributed by atoms with Crippen LogP contribution in [0.3, 0.4) is 0 Å². The van der Waals surface area contributed by atoms with Gasteiger partial charge in [-0.1, -0.05) is 60.0 Å². The number of hydrogen-bond donors (Lipinski definition) is 0. The van der Waals surface area contributed by atoms with E-state index in [0.717, 1.165) is 85.3 Å². The minimum atomic E-state index is -3.85. The summed E-state index contributed by atoms with van der Waals surface area (Å²) in [5, 5.41) is 3.32. The number of rotatable bonds is 4. The fourth-order valence-corrected chi connectivity index (χ4v) is 10.7. The zero-order chi connectivity index (χ0) is 34.7. The van der Waals surface area contributed by atoms with E-state index in [0.29, 0.717) is 5.31 Å². The Morgan fingerprint density at radius 3 is 2.22 bits per heavy atom. The molecule has 0 radical (unpaired) electrons. The zero-order valence-electron chi connectivity index (χ0n) is 28.8. The van der Waals surface area contributed by atoms with Gasteiger partial charge in [-0.25, -0.2) is 0 Å². The topological polar surface area (TPSA) is 68.3 Å². The molecule has 0 bridgehead atoms. The summed E-state index contributed by atoms with van der Waals surface area (Å²) in [6, 6.07) is 26.1. The summed E-state index contributed by atoms with van der Waals surface area (Å²) < 4.78 is 46.8. The Hall–Kier alpha value is -5.19. The van der Waals surface area contributed by atoms with Crippen molar-refractivity contribution < 1.29 is 22.7 Å². The monoisotopic (exact) mass is 688 g/mol. The van der Waals surface area contributed by atoms with Crippen LogP contribution in [0.5, 0.6) is 0 Å². The molecule has 1 fully saturated rings. The lowest BCUT2D eigenvalue weighted by Gasteiger charge is -2.33. The highest BCUT2D eigenvalue weighted by Crippen LogP contribution is 2.75. The van der Waals surface area contributed by atoms with Crippen molar-refractivity contribution in [2.45, 2.75) is 51.7 Å². The summed E-state index contributed by atoms with van der Waals surface area (Å²) in [7, 11) is -4.46. The van der Waals surface area contributed by atoms with Crippen LogP contribution in [0.25, 0.3) is 39.0 Å². The molecule has 0 N–H and O–H groups in total. The summed E-state index contributed by atoms with van der Waals surface area (Å²) >= 11 is 0. The molecule has 1 unspecified atom stereocenters. The van der Waals surface area contributed by atoms with Crippen LogP contribution < -0.4 is 14.8 Å². The molecular formula is C42H34BN2O5P. The number of furan rings is 2. The number of hydrogen-bond acceptors (Lipinski definition) is 5. The van der Waals surface area contributed by atoms with Crippen molar-refractivity contribution in [3.05, 3.63) is 131 Å². The lowest BCUT2D eigenvalue weighted by atomic mass is 9.78. The Kier molecular flexibility index (Phi) is 6.40. The average molecular weight is 689 g/mol. The Labute approximate surface area is 296 Å². The van der Waals surface area contributed by atoms with Crippen molar-refractivity contribution in [1.29, 1.82) is 0 Å². The van der Waals surface area contributed by atoms with Gasteiger partial charge in [-0.15, -0.1) is 0 Å². The van der Waals surface area contributed by atoms with Gasteiger partial charge in [0.2, 0.25) is 0 Å². The number of allylic oxidation sites excluding steroid dienone is 5. The molecule has 10 rings (SSSR count). The van der Waals surface area contributed by atoms with E-state index in [1.165, 1.54) is 0 Å². The molecule has 6 aromatic rings.